The summed E-state index contributed by atoms with van der Waals surface area (Å²) >= 11 is 4.60. The molecule has 0 aromatic carbocycles. The highest BCUT2D eigenvalue weighted by molar-refractivity contribution is 7.99. The number of rotatable bonds is 5. The summed E-state index contributed by atoms with van der Waals surface area (Å²) in [7, 11) is 0. The Morgan fingerprint density at radius 2 is 2.32 bits per heavy atom. The molecule has 0 aliphatic heterocycles. The summed E-state index contributed by atoms with van der Waals surface area (Å²) in [5.41, 5.74) is 0.986. The minimum atomic E-state index is 0.0107. The van der Waals surface area contributed by atoms with E-state index in [-0.39, 0.29) is 5.56 Å². The summed E-state index contributed by atoms with van der Waals surface area (Å²) in [4.78, 5) is 19.4. The van der Waals surface area contributed by atoms with Gasteiger partial charge in [0.05, 0.1) is 11.5 Å². The molecule has 7 heteroatoms. The van der Waals surface area contributed by atoms with Gasteiger partial charge in [-0.15, -0.1) is 22.7 Å². The Bertz CT molecular complexity index is 887. The fraction of sp³-hybridized carbons (Fsp3) is 0.267. The molecule has 3 aromatic heterocycles. The monoisotopic (exact) mass is 347 g/mol. The zero-order valence-electron chi connectivity index (χ0n) is 11.9. The average molecular weight is 347 g/mol. The van der Waals surface area contributed by atoms with E-state index in [1.165, 1.54) is 23.1 Å². The molecule has 0 N–H and O–H groups in total. The van der Waals surface area contributed by atoms with E-state index in [0.29, 0.717) is 29.3 Å². The first-order valence-electron chi connectivity index (χ1n) is 6.82. The van der Waals surface area contributed by atoms with Gasteiger partial charge in [0.25, 0.3) is 5.56 Å². The highest BCUT2D eigenvalue weighted by Gasteiger charge is 2.16. The Balaban J connectivity index is 2.15. The smallest absolute Gasteiger partial charge is 0.263 e. The average Bonchev–Trinajstić information content (AvgIpc) is 3.16. The van der Waals surface area contributed by atoms with Crippen LogP contribution in [0.15, 0.2) is 32.8 Å². The third kappa shape index (κ3) is 2.70. The van der Waals surface area contributed by atoms with Crippen LogP contribution < -0.4 is 5.56 Å². The van der Waals surface area contributed by atoms with Crippen molar-refractivity contribution in [1.29, 1.82) is 5.26 Å². The van der Waals surface area contributed by atoms with Crippen molar-refractivity contribution in [3.63, 3.8) is 0 Å². The highest BCUT2D eigenvalue weighted by Crippen LogP contribution is 2.34. The Hall–Kier alpha value is -1.62. The molecule has 22 heavy (non-hydrogen) atoms. The molecule has 0 aliphatic carbocycles. The molecule has 0 radical (unpaired) electrons. The minimum Gasteiger partial charge on any atom is -0.287 e. The topological polar surface area (TPSA) is 58.7 Å². The molecule has 0 atom stereocenters. The fourth-order valence-corrected chi connectivity index (χ4v) is 4.91. The third-order valence-electron chi connectivity index (χ3n) is 3.21. The van der Waals surface area contributed by atoms with Crippen LogP contribution in [0.2, 0.25) is 0 Å². The van der Waals surface area contributed by atoms with Gasteiger partial charge in [-0.3, -0.25) is 9.36 Å². The molecule has 3 heterocycles. The van der Waals surface area contributed by atoms with Crippen molar-refractivity contribution in [3.05, 3.63) is 33.2 Å². The molecule has 0 amide bonds. The predicted molar refractivity (Wildman–Crippen MR) is 93.8 cm³/mol. The van der Waals surface area contributed by atoms with Crippen LogP contribution in [0, 0.1) is 11.3 Å². The van der Waals surface area contributed by atoms with Crippen LogP contribution in [0.4, 0.5) is 0 Å². The van der Waals surface area contributed by atoms with Crippen LogP contribution in [0.25, 0.3) is 20.7 Å². The quantitative estimate of drug-likeness (QED) is 0.394. The first kappa shape index (κ1) is 15.3. The summed E-state index contributed by atoms with van der Waals surface area (Å²) in [5, 5.41) is 14.1. The Kier molecular flexibility index (Phi) is 4.62. The van der Waals surface area contributed by atoms with Crippen LogP contribution in [0.5, 0.6) is 0 Å². The Labute approximate surface area is 140 Å². The summed E-state index contributed by atoms with van der Waals surface area (Å²) in [6.07, 6.45) is 0.452. The Morgan fingerprint density at radius 3 is 3.00 bits per heavy atom. The zero-order chi connectivity index (χ0) is 15.5. The lowest BCUT2D eigenvalue weighted by atomic mass is 10.2. The standard InChI is InChI=1S/C15H13N3OS3/c1-2-18-14(19)12-10(11-5-3-7-20-11)9-22-13(12)17-15(18)21-8-4-6-16/h3,5,7,9H,2,4,8H2,1H3. The van der Waals surface area contributed by atoms with Gasteiger partial charge in [-0.25, -0.2) is 4.98 Å². The van der Waals surface area contributed by atoms with Crippen molar-refractivity contribution >= 4 is 44.7 Å². The number of nitriles is 1. The van der Waals surface area contributed by atoms with E-state index in [2.05, 4.69) is 11.1 Å². The van der Waals surface area contributed by atoms with E-state index in [4.69, 9.17) is 5.26 Å². The molecule has 3 aromatic rings. The molecule has 0 bridgehead atoms. The summed E-state index contributed by atoms with van der Waals surface area (Å²) in [5.74, 6) is 0.650. The number of hydrogen-bond donors (Lipinski definition) is 0. The number of thioether (sulfide) groups is 1. The van der Waals surface area contributed by atoms with Gasteiger partial charge in [0, 0.05) is 34.5 Å². The normalized spacial score (nSPS) is 10.9. The second kappa shape index (κ2) is 6.65. The van der Waals surface area contributed by atoms with Crippen LogP contribution in [0.3, 0.4) is 0 Å². The first-order chi connectivity index (χ1) is 10.8. The maximum absolute atomic E-state index is 12.8. The maximum Gasteiger partial charge on any atom is 0.263 e. The van der Waals surface area contributed by atoms with Gasteiger partial charge in [-0.05, 0) is 18.4 Å². The van der Waals surface area contributed by atoms with Gasteiger partial charge in [-0.1, -0.05) is 17.8 Å². The number of thiophene rings is 2. The van der Waals surface area contributed by atoms with Crippen molar-refractivity contribution in [1.82, 2.24) is 9.55 Å². The second-order valence-corrected chi connectivity index (χ2v) is 7.38. The predicted octanol–water partition coefficient (Wildman–Crippen LogP) is 4.21. The molecule has 0 unspecified atom stereocenters. The summed E-state index contributed by atoms with van der Waals surface area (Å²) < 4.78 is 1.70. The number of aromatic nitrogens is 2. The van der Waals surface area contributed by atoms with Crippen molar-refractivity contribution in [3.8, 4) is 16.5 Å². The zero-order valence-corrected chi connectivity index (χ0v) is 14.4. The molecule has 0 saturated heterocycles. The largest absolute Gasteiger partial charge is 0.287 e. The van der Waals surface area contributed by atoms with Crippen LogP contribution in [-0.4, -0.2) is 15.3 Å². The lowest BCUT2D eigenvalue weighted by Gasteiger charge is -2.09. The lowest BCUT2D eigenvalue weighted by molar-refractivity contribution is 0.635. The lowest BCUT2D eigenvalue weighted by Crippen LogP contribution is -2.22. The molecule has 0 spiro atoms. The van der Waals surface area contributed by atoms with Crippen molar-refractivity contribution in [2.45, 2.75) is 25.0 Å². The van der Waals surface area contributed by atoms with Gasteiger partial charge in [-0.2, -0.15) is 5.26 Å². The van der Waals surface area contributed by atoms with Crippen molar-refractivity contribution < 1.29 is 0 Å². The van der Waals surface area contributed by atoms with Gasteiger partial charge < -0.3 is 0 Å². The van der Waals surface area contributed by atoms with Crippen LogP contribution in [0.1, 0.15) is 13.3 Å². The molecular formula is C15H13N3OS3. The van der Waals surface area contributed by atoms with Gasteiger partial charge in [0.15, 0.2) is 5.16 Å². The van der Waals surface area contributed by atoms with E-state index in [9.17, 15) is 4.79 Å². The van der Waals surface area contributed by atoms with Crippen LogP contribution >= 0.6 is 34.4 Å². The van der Waals surface area contributed by atoms with Gasteiger partial charge >= 0.3 is 0 Å². The summed E-state index contributed by atoms with van der Waals surface area (Å²) in [6, 6.07) is 6.13. The number of fused-ring (bicyclic) bond motifs is 1. The second-order valence-electron chi connectivity index (χ2n) is 4.51. The molecule has 112 valence electrons. The van der Waals surface area contributed by atoms with E-state index in [1.807, 2.05) is 29.8 Å². The molecule has 0 fully saturated rings. The molecule has 4 nitrogen and oxygen atoms in total. The number of nitrogens with zero attached hydrogens (tertiary/aromatic N) is 3. The van der Waals surface area contributed by atoms with E-state index in [1.54, 1.807) is 15.9 Å². The van der Waals surface area contributed by atoms with Gasteiger partial charge in [0.1, 0.15) is 4.83 Å². The minimum absolute atomic E-state index is 0.0107. The van der Waals surface area contributed by atoms with Crippen molar-refractivity contribution in [2.75, 3.05) is 5.75 Å². The van der Waals surface area contributed by atoms with E-state index < -0.39 is 0 Å². The first-order valence-corrected chi connectivity index (χ1v) is 9.56. The molecule has 0 aliphatic rings. The van der Waals surface area contributed by atoms with E-state index >= 15 is 0 Å². The highest BCUT2D eigenvalue weighted by atomic mass is 32.2. The fourth-order valence-electron chi connectivity index (χ4n) is 2.20. The summed E-state index contributed by atoms with van der Waals surface area (Å²) in [6.45, 7) is 2.52. The number of hydrogen-bond acceptors (Lipinski definition) is 6. The van der Waals surface area contributed by atoms with Crippen LogP contribution in [-0.2, 0) is 6.54 Å². The molecule has 3 rings (SSSR count). The van der Waals surface area contributed by atoms with Crippen molar-refractivity contribution in [2.24, 2.45) is 0 Å². The third-order valence-corrected chi connectivity index (χ3v) is 5.96. The maximum atomic E-state index is 12.8. The molecular weight excluding hydrogens is 334 g/mol. The Morgan fingerprint density at radius 1 is 1.45 bits per heavy atom. The SMILES string of the molecule is CCn1c(SCCC#N)nc2scc(-c3cccs3)c2c1=O. The van der Waals surface area contributed by atoms with Gasteiger partial charge in [0.2, 0.25) is 0 Å². The van der Waals surface area contributed by atoms with E-state index in [0.717, 1.165) is 15.3 Å². The molecule has 0 saturated carbocycles.